The van der Waals surface area contributed by atoms with Gasteiger partial charge in [-0.1, -0.05) is 35.3 Å². The zero-order valence-corrected chi connectivity index (χ0v) is 19.8. The van der Waals surface area contributed by atoms with Gasteiger partial charge in [0.25, 0.3) is 15.9 Å². The lowest BCUT2D eigenvalue weighted by Crippen LogP contribution is -2.42. The normalized spacial score (nSPS) is 15.4. The first-order chi connectivity index (χ1) is 15.7. The van der Waals surface area contributed by atoms with Crippen LogP contribution in [0.5, 0.6) is 11.5 Å². The summed E-state index contributed by atoms with van der Waals surface area (Å²) in [4.78, 5) is 12.3. The van der Waals surface area contributed by atoms with Crippen molar-refractivity contribution in [2.45, 2.75) is 17.9 Å². The van der Waals surface area contributed by atoms with Crippen LogP contribution in [0, 0.1) is 0 Å². The van der Waals surface area contributed by atoms with Gasteiger partial charge in [0.15, 0.2) is 6.61 Å². The molecule has 3 aromatic rings. The number of hydrogen-bond acceptors (Lipinski definition) is 5. The molecule has 1 atom stereocenters. The van der Waals surface area contributed by atoms with Crippen molar-refractivity contribution in [2.75, 3.05) is 22.8 Å². The van der Waals surface area contributed by atoms with Crippen LogP contribution in [0.4, 0.5) is 11.4 Å². The van der Waals surface area contributed by atoms with Crippen LogP contribution in [-0.4, -0.2) is 33.6 Å². The van der Waals surface area contributed by atoms with Crippen molar-refractivity contribution in [3.8, 4) is 11.5 Å². The highest BCUT2D eigenvalue weighted by atomic mass is 35.5. The Morgan fingerprint density at radius 3 is 2.58 bits per heavy atom. The smallest absolute Gasteiger partial charge is 0.264 e. The fourth-order valence-electron chi connectivity index (χ4n) is 3.35. The number of nitrogens with one attached hydrogen (secondary N) is 1. The molecule has 0 radical (unpaired) electrons. The van der Waals surface area contributed by atoms with Crippen LogP contribution < -0.4 is 19.1 Å². The summed E-state index contributed by atoms with van der Waals surface area (Å²) >= 11 is 11.9. The molecule has 172 valence electrons. The second kappa shape index (κ2) is 9.51. The van der Waals surface area contributed by atoms with E-state index in [2.05, 4.69) is 5.32 Å². The molecule has 4 rings (SSSR count). The average Bonchev–Trinajstić information content (AvgIpc) is 2.78. The zero-order valence-electron chi connectivity index (χ0n) is 17.5. The van der Waals surface area contributed by atoms with Gasteiger partial charge in [0.1, 0.15) is 17.6 Å². The van der Waals surface area contributed by atoms with Crippen LogP contribution in [0.25, 0.3) is 0 Å². The predicted molar refractivity (Wildman–Crippen MR) is 128 cm³/mol. The zero-order chi connectivity index (χ0) is 23.6. The number of anilines is 2. The van der Waals surface area contributed by atoms with Crippen LogP contribution in [-0.2, 0) is 14.8 Å². The Morgan fingerprint density at radius 1 is 1.12 bits per heavy atom. The van der Waals surface area contributed by atoms with Crippen molar-refractivity contribution >= 4 is 50.5 Å². The van der Waals surface area contributed by atoms with Crippen molar-refractivity contribution in [3.05, 3.63) is 76.8 Å². The minimum Gasteiger partial charge on any atom is -0.487 e. The number of benzene rings is 3. The number of rotatable bonds is 6. The monoisotopic (exact) mass is 506 g/mol. The lowest BCUT2D eigenvalue weighted by Gasteiger charge is -2.34. The van der Waals surface area contributed by atoms with Crippen LogP contribution in [0.2, 0.25) is 10.0 Å². The number of carbonyl (C=O) groups excluding carboxylic acids is 1. The van der Waals surface area contributed by atoms with E-state index in [0.29, 0.717) is 32.9 Å². The topological polar surface area (TPSA) is 84.9 Å². The molecule has 1 N–H and O–H groups in total. The maximum atomic E-state index is 13.3. The SMILES string of the molecule is CC1CN(S(=O)(=O)c2ccc(NC(=O)COc3ccc(Cl)cc3Cl)cc2)c2ccccc2O1. The minimum absolute atomic E-state index is 0.105. The van der Waals surface area contributed by atoms with Crippen molar-refractivity contribution in [1.29, 1.82) is 0 Å². The summed E-state index contributed by atoms with van der Waals surface area (Å²) in [6, 6.07) is 17.6. The number of carbonyl (C=O) groups is 1. The number of sulfonamides is 1. The number of fused-ring (bicyclic) bond motifs is 1. The van der Waals surface area contributed by atoms with E-state index in [1.165, 1.54) is 34.6 Å². The molecule has 7 nitrogen and oxygen atoms in total. The molecule has 1 aliphatic heterocycles. The van der Waals surface area contributed by atoms with Crippen molar-refractivity contribution in [1.82, 2.24) is 0 Å². The van der Waals surface area contributed by atoms with Gasteiger partial charge in [-0.05, 0) is 61.5 Å². The van der Waals surface area contributed by atoms with Gasteiger partial charge in [-0.3, -0.25) is 9.10 Å². The quantitative estimate of drug-likeness (QED) is 0.509. The van der Waals surface area contributed by atoms with E-state index < -0.39 is 15.9 Å². The first-order valence-electron chi connectivity index (χ1n) is 10.0. The molecule has 0 aromatic heterocycles. The third-order valence-electron chi connectivity index (χ3n) is 4.86. The number of ether oxygens (including phenoxy) is 2. The van der Waals surface area contributed by atoms with Crippen LogP contribution in [0.1, 0.15) is 6.92 Å². The summed E-state index contributed by atoms with van der Waals surface area (Å²) in [6.07, 6.45) is -0.289. The van der Waals surface area contributed by atoms with Gasteiger partial charge in [0, 0.05) is 10.7 Å². The van der Waals surface area contributed by atoms with E-state index in [0.717, 1.165) is 0 Å². The van der Waals surface area contributed by atoms with E-state index >= 15 is 0 Å². The average molecular weight is 507 g/mol. The highest BCUT2D eigenvalue weighted by Gasteiger charge is 2.32. The molecule has 1 unspecified atom stereocenters. The highest BCUT2D eigenvalue weighted by Crippen LogP contribution is 2.36. The summed E-state index contributed by atoms with van der Waals surface area (Å²) in [5, 5.41) is 3.42. The number of halogens is 2. The number of amides is 1. The fraction of sp³-hybridized carbons (Fsp3) is 0.174. The molecule has 0 fully saturated rings. The molecular formula is C23H20Cl2N2O5S. The molecule has 33 heavy (non-hydrogen) atoms. The maximum absolute atomic E-state index is 13.3. The lowest BCUT2D eigenvalue weighted by molar-refractivity contribution is -0.118. The van der Waals surface area contributed by atoms with Gasteiger partial charge in [-0.2, -0.15) is 0 Å². The molecule has 0 bridgehead atoms. The van der Waals surface area contributed by atoms with Gasteiger partial charge in [-0.15, -0.1) is 0 Å². The second-order valence-corrected chi connectivity index (χ2v) is 10.1. The summed E-state index contributed by atoms with van der Waals surface area (Å²) in [6.45, 7) is 1.74. The Bertz CT molecular complexity index is 1280. The highest BCUT2D eigenvalue weighted by molar-refractivity contribution is 7.92. The largest absolute Gasteiger partial charge is 0.487 e. The molecule has 0 aliphatic carbocycles. The molecule has 0 saturated heterocycles. The lowest BCUT2D eigenvalue weighted by atomic mass is 10.2. The van der Waals surface area contributed by atoms with Crippen LogP contribution in [0.15, 0.2) is 71.6 Å². The van der Waals surface area contributed by atoms with Crippen molar-refractivity contribution in [3.63, 3.8) is 0 Å². The Balaban J connectivity index is 1.44. The summed E-state index contributed by atoms with van der Waals surface area (Å²) in [7, 11) is -3.82. The third kappa shape index (κ3) is 5.19. The van der Waals surface area contributed by atoms with E-state index in [1.54, 1.807) is 36.4 Å². The number of nitrogens with zero attached hydrogens (tertiary/aromatic N) is 1. The minimum atomic E-state index is -3.82. The van der Waals surface area contributed by atoms with E-state index in [-0.39, 0.29) is 24.2 Å². The van der Waals surface area contributed by atoms with Crippen LogP contribution >= 0.6 is 23.2 Å². The molecular weight excluding hydrogens is 487 g/mol. The fourth-order valence-corrected chi connectivity index (χ4v) is 5.36. The van der Waals surface area contributed by atoms with E-state index in [9.17, 15) is 13.2 Å². The molecule has 1 aliphatic rings. The van der Waals surface area contributed by atoms with Crippen LogP contribution in [0.3, 0.4) is 0 Å². The van der Waals surface area contributed by atoms with Crippen molar-refractivity contribution < 1.29 is 22.7 Å². The van der Waals surface area contributed by atoms with Gasteiger partial charge in [0.05, 0.1) is 22.2 Å². The number of hydrogen-bond donors (Lipinski definition) is 1. The molecule has 1 heterocycles. The number of para-hydroxylation sites is 2. The van der Waals surface area contributed by atoms with Gasteiger partial charge < -0.3 is 14.8 Å². The standard InChI is InChI=1S/C23H20Cl2N2O5S/c1-15-13-27(20-4-2-3-5-22(20)32-15)33(29,30)18-9-7-17(8-10-18)26-23(28)14-31-21-11-6-16(24)12-19(21)25/h2-12,15H,13-14H2,1H3,(H,26,28). The van der Waals surface area contributed by atoms with Crippen molar-refractivity contribution in [2.24, 2.45) is 0 Å². The Kier molecular flexibility index (Phi) is 6.69. The molecule has 0 saturated carbocycles. The first-order valence-corrected chi connectivity index (χ1v) is 12.2. The second-order valence-electron chi connectivity index (χ2n) is 7.37. The summed E-state index contributed by atoms with van der Waals surface area (Å²) in [5.74, 6) is 0.426. The summed E-state index contributed by atoms with van der Waals surface area (Å²) in [5.41, 5.74) is 0.923. The van der Waals surface area contributed by atoms with Gasteiger partial charge >= 0.3 is 0 Å². The molecule has 10 heteroatoms. The van der Waals surface area contributed by atoms with Gasteiger partial charge in [0.2, 0.25) is 0 Å². The predicted octanol–water partition coefficient (Wildman–Crippen LogP) is 4.99. The van der Waals surface area contributed by atoms with Gasteiger partial charge in [-0.25, -0.2) is 8.42 Å². The maximum Gasteiger partial charge on any atom is 0.264 e. The van der Waals surface area contributed by atoms with E-state index in [4.69, 9.17) is 32.7 Å². The first kappa shape index (κ1) is 23.2. The Morgan fingerprint density at radius 2 is 1.85 bits per heavy atom. The molecule has 3 aromatic carbocycles. The van der Waals surface area contributed by atoms with E-state index in [1.807, 2.05) is 6.92 Å². The molecule has 0 spiro atoms. The Hall–Kier alpha value is -2.94. The third-order valence-corrected chi connectivity index (χ3v) is 7.19. The molecule has 1 amide bonds. The summed E-state index contributed by atoms with van der Waals surface area (Å²) < 4.78 is 39.1. The Labute approximate surface area is 201 Å².